The fourth-order valence-electron chi connectivity index (χ4n) is 1.46. The Morgan fingerprint density at radius 3 is 2.50 bits per heavy atom. The zero-order valence-electron chi connectivity index (χ0n) is 11.0. The fourth-order valence-corrected chi connectivity index (χ4v) is 1.46. The van der Waals surface area contributed by atoms with Crippen molar-refractivity contribution in [3.05, 3.63) is 23.8 Å². The summed E-state index contributed by atoms with van der Waals surface area (Å²) >= 11 is 0. The number of primary amides is 1. The van der Waals surface area contributed by atoms with Crippen molar-refractivity contribution in [3.8, 4) is 5.75 Å². The lowest BCUT2D eigenvalue weighted by molar-refractivity contribution is -0.117. The molecule has 1 atom stereocenters. The van der Waals surface area contributed by atoms with Crippen molar-refractivity contribution < 1.29 is 24.2 Å². The van der Waals surface area contributed by atoms with E-state index in [9.17, 15) is 14.4 Å². The van der Waals surface area contributed by atoms with Crippen molar-refractivity contribution >= 4 is 23.6 Å². The molecule has 8 heteroatoms. The molecule has 0 aliphatic carbocycles. The molecule has 0 aromatic heterocycles. The number of carbonyl (C=O) groups excluding carboxylic acids is 2. The molecule has 8 nitrogen and oxygen atoms in total. The number of rotatable bonds is 5. The number of hydrogen-bond acceptors (Lipinski definition) is 4. The first kappa shape index (κ1) is 15.3. The van der Waals surface area contributed by atoms with E-state index in [1.54, 1.807) is 0 Å². The van der Waals surface area contributed by atoms with Crippen molar-refractivity contribution in [2.75, 3.05) is 12.4 Å². The van der Waals surface area contributed by atoms with Gasteiger partial charge in [0.2, 0.25) is 5.91 Å². The molecular weight excluding hydrogens is 266 g/mol. The zero-order valence-corrected chi connectivity index (χ0v) is 11.0. The molecule has 20 heavy (non-hydrogen) atoms. The summed E-state index contributed by atoms with van der Waals surface area (Å²) < 4.78 is 4.96. The lowest BCUT2D eigenvalue weighted by Crippen LogP contribution is -2.44. The number of aromatic carboxylic acids is 1. The number of benzene rings is 1. The number of ether oxygens (including phenoxy) is 1. The van der Waals surface area contributed by atoms with E-state index in [4.69, 9.17) is 15.6 Å². The van der Waals surface area contributed by atoms with E-state index in [1.807, 2.05) is 0 Å². The number of carboxylic acid groups (broad SMARTS) is 1. The van der Waals surface area contributed by atoms with Gasteiger partial charge in [-0.1, -0.05) is 0 Å². The Morgan fingerprint density at radius 2 is 2.00 bits per heavy atom. The van der Waals surface area contributed by atoms with Crippen LogP contribution in [0.5, 0.6) is 5.75 Å². The highest BCUT2D eigenvalue weighted by molar-refractivity contribution is 6.03. The van der Waals surface area contributed by atoms with Crippen molar-refractivity contribution in [1.29, 1.82) is 0 Å². The molecule has 1 aromatic rings. The molecular formula is C12H15N3O5. The molecule has 108 valence electrons. The van der Waals surface area contributed by atoms with Gasteiger partial charge in [0.05, 0.1) is 18.4 Å². The number of anilines is 1. The van der Waals surface area contributed by atoms with Gasteiger partial charge in [-0.25, -0.2) is 9.59 Å². The minimum Gasteiger partial charge on any atom is -0.497 e. The molecule has 0 fully saturated rings. The van der Waals surface area contributed by atoms with E-state index in [-0.39, 0.29) is 11.3 Å². The third kappa shape index (κ3) is 3.87. The summed E-state index contributed by atoms with van der Waals surface area (Å²) in [4.78, 5) is 33.5. The van der Waals surface area contributed by atoms with E-state index in [1.165, 1.54) is 32.2 Å². The van der Waals surface area contributed by atoms with Crippen LogP contribution in [0.25, 0.3) is 0 Å². The molecule has 0 saturated heterocycles. The van der Waals surface area contributed by atoms with Gasteiger partial charge in [0.1, 0.15) is 11.8 Å². The van der Waals surface area contributed by atoms with Crippen LogP contribution in [-0.2, 0) is 4.79 Å². The van der Waals surface area contributed by atoms with Gasteiger partial charge in [-0.15, -0.1) is 0 Å². The molecule has 3 amide bonds. The topological polar surface area (TPSA) is 131 Å². The van der Waals surface area contributed by atoms with Crippen LogP contribution in [0.15, 0.2) is 18.2 Å². The zero-order chi connectivity index (χ0) is 15.3. The summed E-state index contributed by atoms with van der Waals surface area (Å²) in [5.74, 6) is -1.40. The highest BCUT2D eigenvalue weighted by atomic mass is 16.5. The Labute approximate surface area is 114 Å². The average molecular weight is 281 g/mol. The maximum atomic E-state index is 11.8. The summed E-state index contributed by atoms with van der Waals surface area (Å²) in [6, 6.07) is 2.39. The number of urea groups is 1. The highest BCUT2D eigenvalue weighted by Crippen LogP contribution is 2.22. The molecule has 0 heterocycles. The Balaban J connectivity index is 2.97. The first-order valence-electron chi connectivity index (χ1n) is 5.63. The third-order valence-corrected chi connectivity index (χ3v) is 2.47. The SMILES string of the molecule is COc1ccc(C(=O)O)c(NC(=O)C(C)NC(N)=O)c1. The summed E-state index contributed by atoms with van der Waals surface area (Å²) in [7, 11) is 1.42. The van der Waals surface area contributed by atoms with Crippen molar-refractivity contribution in [2.45, 2.75) is 13.0 Å². The Bertz CT molecular complexity index is 544. The van der Waals surface area contributed by atoms with Crippen molar-refractivity contribution in [2.24, 2.45) is 5.73 Å². The lowest BCUT2D eigenvalue weighted by Gasteiger charge is -2.14. The predicted molar refractivity (Wildman–Crippen MR) is 70.8 cm³/mol. The second kappa shape index (κ2) is 6.41. The molecule has 0 radical (unpaired) electrons. The predicted octanol–water partition coefficient (Wildman–Crippen LogP) is 0.389. The van der Waals surface area contributed by atoms with E-state index in [0.29, 0.717) is 5.75 Å². The molecule has 0 saturated carbocycles. The highest BCUT2D eigenvalue weighted by Gasteiger charge is 2.18. The van der Waals surface area contributed by atoms with Gasteiger partial charge in [-0.2, -0.15) is 0 Å². The maximum absolute atomic E-state index is 11.8. The first-order valence-corrected chi connectivity index (χ1v) is 5.63. The summed E-state index contributed by atoms with van der Waals surface area (Å²) in [6.45, 7) is 1.42. The van der Waals surface area contributed by atoms with Crippen LogP contribution < -0.4 is 21.1 Å². The molecule has 0 aliphatic rings. The van der Waals surface area contributed by atoms with Gasteiger partial charge in [0.25, 0.3) is 0 Å². The fraction of sp³-hybridized carbons (Fsp3) is 0.250. The van der Waals surface area contributed by atoms with Gasteiger partial charge < -0.3 is 26.2 Å². The smallest absolute Gasteiger partial charge is 0.337 e. The van der Waals surface area contributed by atoms with E-state index >= 15 is 0 Å². The maximum Gasteiger partial charge on any atom is 0.337 e. The number of carbonyl (C=O) groups is 3. The summed E-state index contributed by atoms with van der Waals surface area (Å²) in [6.07, 6.45) is 0. The van der Waals surface area contributed by atoms with Gasteiger partial charge >= 0.3 is 12.0 Å². The standard InChI is InChI=1S/C12H15N3O5/c1-6(14-12(13)19)10(16)15-9-5-7(20-2)3-4-8(9)11(17)18/h3-6H,1-2H3,(H,15,16)(H,17,18)(H3,13,14,19). The summed E-state index contributed by atoms with van der Waals surface area (Å²) in [5, 5.41) is 13.6. The first-order chi connectivity index (χ1) is 9.35. The van der Waals surface area contributed by atoms with Crippen LogP contribution in [0.3, 0.4) is 0 Å². The number of nitrogens with one attached hydrogen (secondary N) is 2. The summed E-state index contributed by atoms with van der Waals surface area (Å²) in [5.41, 5.74) is 4.88. The number of amides is 3. The number of nitrogens with two attached hydrogens (primary N) is 1. The number of methoxy groups -OCH3 is 1. The Kier molecular flexibility index (Phi) is 4.90. The molecule has 5 N–H and O–H groups in total. The molecule has 1 unspecified atom stereocenters. The second-order valence-electron chi connectivity index (χ2n) is 3.94. The van der Waals surface area contributed by atoms with Crippen molar-refractivity contribution in [1.82, 2.24) is 5.32 Å². The Hall–Kier alpha value is -2.77. The van der Waals surface area contributed by atoms with Gasteiger partial charge in [0, 0.05) is 6.07 Å². The van der Waals surface area contributed by atoms with Crippen LogP contribution in [0.1, 0.15) is 17.3 Å². The quantitative estimate of drug-likeness (QED) is 0.620. The molecule has 0 aliphatic heterocycles. The second-order valence-corrected chi connectivity index (χ2v) is 3.94. The van der Waals surface area contributed by atoms with Gasteiger partial charge in [0.15, 0.2) is 0 Å². The van der Waals surface area contributed by atoms with Gasteiger partial charge in [-0.05, 0) is 19.1 Å². The van der Waals surface area contributed by atoms with Crippen LogP contribution in [0, 0.1) is 0 Å². The van der Waals surface area contributed by atoms with Crippen LogP contribution in [0.4, 0.5) is 10.5 Å². The van der Waals surface area contributed by atoms with Crippen molar-refractivity contribution in [3.63, 3.8) is 0 Å². The molecule has 1 aromatic carbocycles. The van der Waals surface area contributed by atoms with Gasteiger partial charge in [-0.3, -0.25) is 4.79 Å². The van der Waals surface area contributed by atoms with E-state index < -0.39 is 23.9 Å². The Morgan fingerprint density at radius 1 is 1.35 bits per heavy atom. The van der Waals surface area contributed by atoms with E-state index in [2.05, 4.69) is 10.6 Å². The monoisotopic (exact) mass is 281 g/mol. The largest absolute Gasteiger partial charge is 0.497 e. The number of hydrogen-bond donors (Lipinski definition) is 4. The molecule has 1 rings (SSSR count). The molecule has 0 spiro atoms. The van der Waals surface area contributed by atoms with E-state index in [0.717, 1.165) is 0 Å². The van der Waals surface area contributed by atoms with Crippen LogP contribution in [0.2, 0.25) is 0 Å². The normalized spacial score (nSPS) is 11.3. The third-order valence-electron chi connectivity index (χ3n) is 2.47. The minimum absolute atomic E-state index is 0.0694. The van der Waals surface area contributed by atoms with Crippen LogP contribution in [-0.4, -0.2) is 36.2 Å². The minimum atomic E-state index is -1.20. The average Bonchev–Trinajstić information content (AvgIpc) is 2.37. The molecule has 0 bridgehead atoms. The number of carboxylic acids is 1. The van der Waals surface area contributed by atoms with Crippen LogP contribution >= 0.6 is 0 Å². The lowest BCUT2D eigenvalue weighted by atomic mass is 10.1.